The Morgan fingerprint density at radius 2 is 1.83 bits per heavy atom. The van der Waals surface area contributed by atoms with E-state index < -0.39 is 30.4 Å². The number of carboxylic acid groups (broad SMARTS) is 1. The Balaban J connectivity index is 2.12. The lowest BCUT2D eigenvalue weighted by atomic mass is 10.0. The molecule has 0 bridgehead atoms. The fourth-order valence-corrected chi connectivity index (χ4v) is 2.97. The highest BCUT2D eigenvalue weighted by Crippen LogP contribution is 2.25. The number of ether oxygens (including phenoxy) is 1. The Hall–Kier alpha value is -0.950. The second-order valence-corrected chi connectivity index (χ2v) is 6.57. The molecule has 1 heterocycles. The summed E-state index contributed by atoms with van der Waals surface area (Å²) in [5.41, 5.74) is 0. The molecule has 24 heavy (non-hydrogen) atoms. The monoisotopic (exact) mass is 344 g/mol. The van der Waals surface area contributed by atoms with Crippen molar-refractivity contribution in [2.24, 2.45) is 0 Å². The summed E-state index contributed by atoms with van der Waals surface area (Å²) < 4.78 is 5.60. The molecule has 0 radical (unpaired) electrons. The van der Waals surface area contributed by atoms with Crippen LogP contribution in [0.15, 0.2) is 12.2 Å². The third-order valence-corrected chi connectivity index (χ3v) is 4.46. The standard InChI is InChI=1S/C18H32O6/c1-2-16-15(21)12-17(24-16)14(20)11-10-13(19)8-6-4-3-5-7-9-18(22)23/h10-11,13-17,19-21H,2-9,12H2,1H3,(H,22,23)/b11-10+/t13-,14+,15-,16+,17+/m1/s1. The van der Waals surface area contributed by atoms with Gasteiger partial charge in [0, 0.05) is 12.8 Å². The number of hydrogen-bond acceptors (Lipinski definition) is 5. The molecule has 5 atom stereocenters. The van der Waals surface area contributed by atoms with Gasteiger partial charge in [-0.1, -0.05) is 44.8 Å². The molecule has 0 unspecified atom stereocenters. The van der Waals surface area contributed by atoms with Crippen molar-refractivity contribution in [3.63, 3.8) is 0 Å². The van der Waals surface area contributed by atoms with Crippen molar-refractivity contribution < 1.29 is 30.0 Å². The SMILES string of the molecule is CC[C@@H]1O[C@H]([C@@H](O)/C=C/[C@H](O)CCCCCCCC(=O)O)C[C@H]1O. The largest absolute Gasteiger partial charge is 0.481 e. The van der Waals surface area contributed by atoms with Gasteiger partial charge in [0.25, 0.3) is 0 Å². The molecule has 4 N–H and O–H groups in total. The number of rotatable bonds is 12. The van der Waals surface area contributed by atoms with Gasteiger partial charge in [-0.25, -0.2) is 0 Å². The van der Waals surface area contributed by atoms with Crippen LogP contribution in [-0.4, -0.2) is 56.9 Å². The normalized spacial score (nSPS) is 26.8. The van der Waals surface area contributed by atoms with Crippen LogP contribution in [0.3, 0.4) is 0 Å². The van der Waals surface area contributed by atoms with E-state index >= 15 is 0 Å². The van der Waals surface area contributed by atoms with Gasteiger partial charge in [0.1, 0.15) is 0 Å². The Morgan fingerprint density at radius 3 is 2.46 bits per heavy atom. The van der Waals surface area contributed by atoms with Crippen LogP contribution in [0, 0.1) is 0 Å². The fraction of sp³-hybridized carbons (Fsp3) is 0.833. The number of hydrogen-bond donors (Lipinski definition) is 4. The van der Waals surface area contributed by atoms with Gasteiger partial charge in [-0.15, -0.1) is 0 Å². The van der Waals surface area contributed by atoms with E-state index in [9.17, 15) is 20.1 Å². The van der Waals surface area contributed by atoms with Gasteiger partial charge >= 0.3 is 5.97 Å². The topological polar surface area (TPSA) is 107 Å². The van der Waals surface area contributed by atoms with Crippen molar-refractivity contribution in [3.05, 3.63) is 12.2 Å². The maximum Gasteiger partial charge on any atom is 0.303 e. The first kappa shape index (κ1) is 21.1. The summed E-state index contributed by atoms with van der Waals surface area (Å²) in [6, 6.07) is 0. The molecule has 1 saturated heterocycles. The van der Waals surface area contributed by atoms with Crippen molar-refractivity contribution in [2.45, 2.75) is 95.2 Å². The molecule has 1 aliphatic rings. The number of carbonyl (C=O) groups is 1. The second kappa shape index (κ2) is 11.6. The molecule has 0 amide bonds. The molecule has 6 heteroatoms. The minimum atomic E-state index is -0.818. The van der Waals surface area contributed by atoms with Crippen LogP contribution >= 0.6 is 0 Å². The number of aliphatic carboxylic acids is 1. The van der Waals surface area contributed by atoms with E-state index in [-0.39, 0.29) is 12.5 Å². The molecule has 1 fully saturated rings. The molecule has 140 valence electrons. The summed E-state index contributed by atoms with van der Waals surface area (Å²) in [5.74, 6) is -0.752. The molecule has 0 saturated carbocycles. The van der Waals surface area contributed by atoms with Gasteiger partial charge in [-0.3, -0.25) is 4.79 Å². The third kappa shape index (κ3) is 8.24. The molecular weight excluding hydrogens is 312 g/mol. The summed E-state index contributed by atoms with van der Waals surface area (Å²) in [6.07, 6.45) is 6.92. The summed E-state index contributed by atoms with van der Waals surface area (Å²) >= 11 is 0. The zero-order valence-electron chi connectivity index (χ0n) is 14.5. The minimum absolute atomic E-state index is 0.218. The Bertz CT molecular complexity index is 384. The predicted octanol–water partition coefficient (Wildman–Crippen LogP) is 2.01. The van der Waals surface area contributed by atoms with Crippen LogP contribution < -0.4 is 0 Å². The van der Waals surface area contributed by atoms with Crippen molar-refractivity contribution in [1.29, 1.82) is 0 Å². The number of unbranched alkanes of at least 4 members (excludes halogenated alkanes) is 4. The smallest absolute Gasteiger partial charge is 0.303 e. The first-order chi connectivity index (χ1) is 11.4. The summed E-state index contributed by atoms with van der Waals surface area (Å²) in [7, 11) is 0. The first-order valence-electron chi connectivity index (χ1n) is 9.03. The summed E-state index contributed by atoms with van der Waals surface area (Å²) in [4.78, 5) is 10.4. The predicted molar refractivity (Wildman–Crippen MR) is 90.7 cm³/mol. The average Bonchev–Trinajstić information content (AvgIpc) is 2.92. The maximum atomic E-state index is 10.4. The van der Waals surface area contributed by atoms with E-state index in [0.29, 0.717) is 25.7 Å². The van der Waals surface area contributed by atoms with Gasteiger partial charge in [-0.2, -0.15) is 0 Å². The molecule has 0 aromatic heterocycles. The van der Waals surface area contributed by atoms with Crippen molar-refractivity contribution in [2.75, 3.05) is 0 Å². The molecule has 0 spiro atoms. The van der Waals surface area contributed by atoms with Crippen LogP contribution in [0.1, 0.15) is 64.7 Å². The molecule has 1 aliphatic heterocycles. The van der Waals surface area contributed by atoms with Crippen molar-refractivity contribution in [3.8, 4) is 0 Å². The van der Waals surface area contributed by atoms with E-state index in [1.807, 2.05) is 6.92 Å². The van der Waals surface area contributed by atoms with Crippen LogP contribution in [0.4, 0.5) is 0 Å². The van der Waals surface area contributed by atoms with E-state index in [2.05, 4.69) is 0 Å². The number of aliphatic hydroxyl groups excluding tert-OH is 3. The summed E-state index contributed by atoms with van der Waals surface area (Å²) in [6.45, 7) is 1.93. The third-order valence-electron chi connectivity index (χ3n) is 4.46. The second-order valence-electron chi connectivity index (χ2n) is 6.57. The maximum absolute atomic E-state index is 10.4. The Kier molecular flexibility index (Phi) is 10.2. The van der Waals surface area contributed by atoms with Gasteiger partial charge in [0.2, 0.25) is 0 Å². The highest BCUT2D eigenvalue weighted by molar-refractivity contribution is 5.66. The average molecular weight is 344 g/mol. The van der Waals surface area contributed by atoms with Crippen molar-refractivity contribution in [1.82, 2.24) is 0 Å². The van der Waals surface area contributed by atoms with Gasteiger partial charge in [0.15, 0.2) is 0 Å². The summed E-state index contributed by atoms with van der Waals surface area (Å²) in [5, 5.41) is 38.3. The van der Waals surface area contributed by atoms with Crippen LogP contribution in [0.2, 0.25) is 0 Å². The Morgan fingerprint density at radius 1 is 1.17 bits per heavy atom. The molecule has 0 aromatic rings. The van der Waals surface area contributed by atoms with Crippen LogP contribution in [-0.2, 0) is 9.53 Å². The quantitative estimate of drug-likeness (QED) is 0.319. The van der Waals surface area contributed by atoms with Crippen LogP contribution in [0.25, 0.3) is 0 Å². The lowest BCUT2D eigenvalue weighted by Crippen LogP contribution is -2.24. The fourth-order valence-electron chi connectivity index (χ4n) is 2.97. The number of aliphatic hydroxyl groups is 3. The molecule has 0 aromatic carbocycles. The molecule has 1 rings (SSSR count). The molecular formula is C18H32O6. The van der Waals surface area contributed by atoms with E-state index in [0.717, 1.165) is 25.7 Å². The zero-order chi connectivity index (χ0) is 17.9. The number of carboxylic acids is 1. The lowest BCUT2D eigenvalue weighted by Gasteiger charge is -2.16. The highest BCUT2D eigenvalue weighted by atomic mass is 16.5. The highest BCUT2D eigenvalue weighted by Gasteiger charge is 2.35. The van der Waals surface area contributed by atoms with Gasteiger partial charge in [-0.05, 0) is 19.3 Å². The van der Waals surface area contributed by atoms with E-state index in [4.69, 9.17) is 9.84 Å². The van der Waals surface area contributed by atoms with Gasteiger partial charge in [0.05, 0.1) is 30.5 Å². The van der Waals surface area contributed by atoms with Gasteiger partial charge < -0.3 is 25.2 Å². The van der Waals surface area contributed by atoms with E-state index in [1.54, 1.807) is 12.2 Å². The van der Waals surface area contributed by atoms with Crippen molar-refractivity contribution >= 4 is 5.97 Å². The molecule has 0 aliphatic carbocycles. The minimum Gasteiger partial charge on any atom is -0.481 e. The zero-order valence-corrected chi connectivity index (χ0v) is 14.5. The van der Waals surface area contributed by atoms with Crippen LogP contribution in [0.5, 0.6) is 0 Å². The van der Waals surface area contributed by atoms with E-state index in [1.165, 1.54) is 0 Å². The Labute approximate surface area is 144 Å². The first-order valence-corrected chi connectivity index (χ1v) is 9.03. The molecule has 6 nitrogen and oxygen atoms in total. The lowest BCUT2D eigenvalue weighted by molar-refractivity contribution is -0.137.